The molecule has 2 aliphatic heterocycles. The summed E-state index contributed by atoms with van der Waals surface area (Å²) < 4.78 is 0. The van der Waals surface area contributed by atoms with Crippen LogP contribution in [0, 0.1) is 0 Å². The summed E-state index contributed by atoms with van der Waals surface area (Å²) in [6.45, 7) is 5.74. The maximum absolute atomic E-state index is 12.5. The maximum Gasteiger partial charge on any atom is 0.245 e. The molecular weight excluding hydrogens is 242 g/mol. The third-order valence-electron chi connectivity index (χ3n) is 4.53. The summed E-state index contributed by atoms with van der Waals surface area (Å²) in [6, 6.07) is 0.462. The predicted molar refractivity (Wildman–Crippen MR) is 73.7 cm³/mol. The molecule has 2 amide bonds. The quantitative estimate of drug-likeness (QED) is 0.797. The van der Waals surface area contributed by atoms with Gasteiger partial charge in [-0.05, 0) is 33.2 Å². The number of hydrogen-bond acceptors (Lipinski definition) is 3. The molecule has 0 spiro atoms. The summed E-state index contributed by atoms with van der Waals surface area (Å²) in [4.78, 5) is 28.4. The Hall–Kier alpha value is -1.10. The first kappa shape index (κ1) is 14.3. The molecule has 2 rings (SSSR count). The van der Waals surface area contributed by atoms with Crippen LogP contribution in [0.2, 0.25) is 0 Å². The smallest absolute Gasteiger partial charge is 0.245 e. The summed E-state index contributed by atoms with van der Waals surface area (Å²) in [7, 11) is 2.13. The van der Waals surface area contributed by atoms with Gasteiger partial charge in [-0.1, -0.05) is 6.92 Å². The molecule has 0 radical (unpaired) electrons. The Bertz CT molecular complexity index is 359. The highest BCUT2D eigenvalue weighted by Crippen LogP contribution is 2.22. The van der Waals surface area contributed by atoms with E-state index in [2.05, 4.69) is 24.2 Å². The topological polar surface area (TPSA) is 52.7 Å². The normalized spacial score (nSPS) is 34.1. The van der Waals surface area contributed by atoms with Gasteiger partial charge in [-0.15, -0.1) is 0 Å². The van der Waals surface area contributed by atoms with E-state index in [4.69, 9.17) is 0 Å². The third-order valence-corrected chi connectivity index (χ3v) is 4.53. The molecule has 0 aliphatic carbocycles. The summed E-state index contributed by atoms with van der Waals surface area (Å²) >= 11 is 0. The highest BCUT2D eigenvalue weighted by atomic mass is 16.2. The largest absolute Gasteiger partial charge is 0.344 e. The van der Waals surface area contributed by atoms with Gasteiger partial charge in [0, 0.05) is 31.6 Å². The highest BCUT2D eigenvalue weighted by Gasteiger charge is 2.35. The number of carbonyl (C=O) groups is 2. The molecule has 2 heterocycles. The van der Waals surface area contributed by atoms with E-state index < -0.39 is 0 Å². The number of likely N-dealkylation sites (tertiary alicyclic amines) is 1. The molecule has 2 aliphatic rings. The first-order valence-electron chi connectivity index (χ1n) is 7.33. The average Bonchev–Trinajstić information content (AvgIpc) is 2.53. The number of nitrogens with one attached hydrogen (secondary N) is 1. The summed E-state index contributed by atoms with van der Waals surface area (Å²) in [5.74, 6) is 0.110. The van der Waals surface area contributed by atoms with Crippen LogP contribution in [-0.4, -0.2) is 59.9 Å². The minimum Gasteiger partial charge on any atom is -0.344 e. The van der Waals surface area contributed by atoms with Crippen LogP contribution in [-0.2, 0) is 9.59 Å². The van der Waals surface area contributed by atoms with Crippen molar-refractivity contribution in [2.24, 2.45) is 0 Å². The van der Waals surface area contributed by atoms with E-state index in [1.54, 1.807) is 0 Å². The van der Waals surface area contributed by atoms with E-state index in [0.29, 0.717) is 31.5 Å². The molecule has 5 nitrogen and oxygen atoms in total. The zero-order valence-electron chi connectivity index (χ0n) is 12.2. The number of piperidine rings is 1. The Morgan fingerprint density at radius 2 is 2.05 bits per heavy atom. The van der Waals surface area contributed by atoms with E-state index in [1.165, 1.54) is 0 Å². The van der Waals surface area contributed by atoms with Crippen molar-refractivity contribution < 1.29 is 9.59 Å². The molecule has 108 valence electrons. The van der Waals surface area contributed by atoms with Gasteiger partial charge >= 0.3 is 0 Å². The second kappa shape index (κ2) is 5.90. The summed E-state index contributed by atoms with van der Waals surface area (Å²) in [6.07, 6.45) is 3.12. The van der Waals surface area contributed by atoms with Gasteiger partial charge in [-0.2, -0.15) is 0 Å². The number of amides is 2. The van der Waals surface area contributed by atoms with Crippen LogP contribution in [0.5, 0.6) is 0 Å². The Kier molecular flexibility index (Phi) is 4.45. The van der Waals surface area contributed by atoms with Crippen LogP contribution in [0.15, 0.2) is 0 Å². The van der Waals surface area contributed by atoms with E-state index in [1.807, 2.05) is 11.8 Å². The second-order valence-electron chi connectivity index (χ2n) is 5.82. The van der Waals surface area contributed by atoms with Gasteiger partial charge in [-0.3, -0.25) is 9.59 Å². The SMILES string of the molecule is CCC1NC(=O)CCN(C2CCN(C)C(C)C2)C1=O. The minimum atomic E-state index is -0.329. The predicted octanol–water partition coefficient (Wildman–Crippen LogP) is 0.596. The lowest BCUT2D eigenvalue weighted by atomic mass is 9.96. The molecule has 0 aromatic heterocycles. The van der Waals surface area contributed by atoms with Gasteiger partial charge in [-0.25, -0.2) is 0 Å². The molecule has 0 bridgehead atoms. The van der Waals surface area contributed by atoms with Gasteiger partial charge in [0.2, 0.25) is 11.8 Å². The Morgan fingerprint density at radius 1 is 1.32 bits per heavy atom. The van der Waals surface area contributed by atoms with Crippen molar-refractivity contribution in [3.05, 3.63) is 0 Å². The fourth-order valence-corrected chi connectivity index (χ4v) is 3.05. The third kappa shape index (κ3) is 3.08. The Balaban J connectivity index is 2.09. The molecule has 2 fully saturated rings. The van der Waals surface area contributed by atoms with E-state index >= 15 is 0 Å². The Labute approximate surface area is 115 Å². The number of nitrogens with zero attached hydrogens (tertiary/aromatic N) is 2. The number of hydrogen-bond donors (Lipinski definition) is 1. The van der Waals surface area contributed by atoms with E-state index in [0.717, 1.165) is 19.4 Å². The van der Waals surface area contributed by atoms with Crippen molar-refractivity contribution in [3.63, 3.8) is 0 Å². The van der Waals surface area contributed by atoms with Gasteiger partial charge < -0.3 is 15.1 Å². The molecule has 0 aromatic rings. The maximum atomic E-state index is 12.5. The van der Waals surface area contributed by atoms with E-state index in [-0.39, 0.29) is 17.9 Å². The molecule has 2 saturated heterocycles. The Morgan fingerprint density at radius 3 is 2.68 bits per heavy atom. The lowest BCUT2D eigenvalue weighted by molar-refractivity contribution is -0.136. The molecule has 3 unspecified atom stereocenters. The molecule has 0 saturated carbocycles. The molecule has 0 aromatic carbocycles. The van der Waals surface area contributed by atoms with E-state index in [9.17, 15) is 9.59 Å². The standard InChI is InChI=1S/C14H25N3O2/c1-4-12-14(19)17(8-6-13(18)15-12)11-5-7-16(3)10(2)9-11/h10-12H,4-9H2,1-3H3,(H,15,18). The minimum absolute atomic E-state index is 0.00340. The van der Waals surface area contributed by atoms with Crippen LogP contribution in [0.3, 0.4) is 0 Å². The zero-order valence-corrected chi connectivity index (χ0v) is 12.2. The second-order valence-corrected chi connectivity index (χ2v) is 5.82. The van der Waals surface area contributed by atoms with Crippen molar-refractivity contribution in [3.8, 4) is 0 Å². The lowest BCUT2D eigenvalue weighted by Crippen LogP contribution is -2.53. The van der Waals surface area contributed by atoms with Crippen LogP contribution < -0.4 is 5.32 Å². The van der Waals surface area contributed by atoms with Gasteiger partial charge in [0.15, 0.2) is 0 Å². The molecule has 5 heteroatoms. The van der Waals surface area contributed by atoms with Crippen molar-refractivity contribution in [2.75, 3.05) is 20.1 Å². The number of rotatable bonds is 2. The van der Waals surface area contributed by atoms with Crippen molar-refractivity contribution in [1.29, 1.82) is 0 Å². The van der Waals surface area contributed by atoms with Crippen LogP contribution >= 0.6 is 0 Å². The molecule has 19 heavy (non-hydrogen) atoms. The first-order chi connectivity index (χ1) is 9.02. The fourth-order valence-electron chi connectivity index (χ4n) is 3.05. The zero-order chi connectivity index (χ0) is 14.0. The summed E-state index contributed by atoms with van der Waals surface area (Å²) in [5, 5.41) is 2.83. The average molecular weight is 267 g/mol. The molecule has 3 atom stereocenters. The summed E-state index contributed by atoms with van der Waals surface area (Å²) in [5.41, 5.74) is 0. The van der Waals surface area contributed by atoms with Crippen LogP contribution in [0.25, 0.3) is 0 Å². The van der Waals surface area contributed by atoms with Gasteiger partial charge in [0.1, 0.15) is 6.04 Å². The monoisotopic (exact) mass is 267 g/mol. The van der Waals surface area contributed by atoms with Crippen LogP contribution in [0.1, 0.15) is 39.5 Å². The van der Waals surface area contributed by atoms with Crippen molar-refractivity contribution >= 4 is 11.8 Å². The van der Waals surface area contributed by atoms with Crippen molar-refractivity contribution in [1.82, 2.24) is 15.1 Å². The molecule has 1 N–H and O–H groups in total. The fraction of sp³-hybridized carbons (Fsp3) is 0.857. The lowest BCUT2D eigenvalue weighted by Gasteiger charge is -2.41. The van der Waals surface area contributed by atoms with Crippen molar-refractivity contribution in [2.45, 2.75) is 57.7 Å². The van der Waals surface area contributed by atoms with Gasteiger partial charge in [0.25, 0.3) is 0 Å². The highest BCUT2D eigenvalue weighted by molar-refractivity contribution is 5.90. The van der Waals surface area contributed by atoms with Crippen LogP contribution in [0.4, 0.5) is 0 Å². The van der Waals surface area contributed by atoms with Gasteiger partial charge in [0.05, 0.1) is 0 Å². The first-order valence-corrected chi connectivity index (χ1v) is 7.33. The number of carbonyl (C=O) groups excluding carboxylic acids is 2. The molecular formula is C14H25N3O2.